The summed E-state index contributed by atoms with van der Waals surface area (Å²) in [6.07, 6.45) is 37.1. The predicted molar refractivity (Wildman–Crippen MR) is 148 cm³/mol. The van der Waals surface area contributed by atoms with Crippen LogP contribution in [0.15, 0.2) is 0 Å². The van der Waals surface area contributed by atoms with Gasteiger partial charge in [-0.3, -0.25) is 0 Å². The minimum atomic E-state index is -4.64. The molecule has 0 aliphatic heterocycles. The topological polar surface area (TPSA) is 98.0 Å². The van der Waals surface area contributed by atoms with Gasteiger partial charge in [0.2, 0.25) is 0 Å². The molecule has 0 aliphatic rings. The molecular formula is C28H62KO5P. The second kappa shape index (κ2) is 35.7. The van der Waals surface area contributed by atoms with Gasteiger partial charge in [-0.2, -0.15) is 0 Å². The zero-order valence-corrected chi connectivity index (χ0v) is 27.8. The minimum Gasteiger partial charge on any atom is -1.00 e. The molecule has 7 heteroatoms. The number of hydrogen-bond donors (Lipinski definition) is 4. The van der Waals surface area contributed by atoms with Crippen LogP contribution in [0.25, 0.3) is 0 Å². The van der Waals surface area contributed by atoms with Gasteiger partial charge >= 0.3 is 59.2 Å². The fourth-order valence-corrected chi connectivity index (χ4v) is 4.43. The van der Waals surface area contributed by atoms with Crippen molar-refractivity contribution in [2.45, 2.75) is 174 Å². The van der Waals surface area contributed by atoms with Crippen LogP contribution in [0.3, 0.4) is 0 Å². The Bertz CT molecular complexity index is 379. The quantitative estimate of drug-likeness (QED) is 0.0575. The molecule has 0 radical (unpaired) electrons. The third-order valence-corrected chi connectivity index (χ3v) is 6.51. The maximum Gasteiger partial charge on any atom is 1.00 e. The summed E-state index contributed by atoms with van der Waals surface area (Å²) in [4.78, 5) is 21.6. The van der Waals surface area contributed by atoms with E-state index in [1.165, 1.54) is 161 Å². The first-order valence-electron chi connectivity index (χ1n) is 14.8. The molecule has 210 valence electrons. The first-order chi connectivity index (χ1) is 16.4. The predicted octanol–water partition coefficient (Wildman–Crippen LogP) is 6.33. The van der Waals surface area contributed by atoms with Crippen LogP contribution in [-0.2, 0) is 4.57 Å². The van der Waals surface area contributed by atoms with Crippen molar-refractivity contribution in [3.8, 4) is 0 Å². The summed E-state index contributed by atoms with van der Waals surface area (Å²) in [7, 11) is -4.64. The van der Waals surface area contributed by atoms with E-state index in [0.29, 0.717) is 6.61 Å². The Morgan fingerprint density at radius 2 is 0.571 bits per heavy atom. The van der Waals surface area contributed by atoms with Crippen LogP contribution < -0.4 is 51.4 Å². The summed E-state index contributed by atoms with van der Waals surface area (Å²) in [5.74, 6) is 0. The summed E-state index contributed by atoms with van der Waals surface area (Å²) in [6.45, 7) is 2.67. The van der Waals surface area contributed by atoms with E-state index in [9.17, 15) is 0 Å². The van der Waals surface area contributed by atoms with Crippen LogP contribution in [-0.4, -0.2) is 26.4 Å². The summed E-state index contributed by atoms with van der Waals surface area (Å²) in [5.41, 5.74) is 0. The standard InChI is InChI=1S/C28H58O.K.H3O4P.H/c1-2-3-4-5-6-7-8-9-10-11-12-13-14-15-16-17-18-19-20-21-22-23-24-25-26-27-28-29;;1-5(2,3)4;/h29H,2-28H2,1H3;;(H3,1,2,3,4);/q;+1;;-1. The van der Waals surface area contributed by atoms with Crippen molar-refractivity contribution in [1.29, 1.82) is 0 Å². The summed E-state index contributed by atoms with van der Waals surface area (Å²) < 4.78 is 8.88. The molecular weight excluding hydrogens is 486 g/mol. The van der Waals surface area contributed by atoms with Crippen molar-refractivity contribution in [3.63, 3.8) is 0 Å². The third-order valence-electron chi connectivity index (χ3n) is 6.51. The molecule has 0 atom stereocenters. The zero-order chi connectivity index (χ0) is 25.6. The number of phosphoric acid groups is 1. The number of aliphatic hydroxyl groups excluding tert-OH is 1. The fourth-order valence-electron chi connectivity index (χ4n) is 4.43. The Morgan fingerprint density at radius 1 is 0.429 bits per heavy atom. The van der Waals surface area contributed by atoms with Crippen LogP contribution in [0.5, 0.6) is 0 Å². The average Bonchev–Trinajstić information content (AvgIpc) is 2.78. The number of hydrogen-bond acceptors (Lipinski definition) is 2. The van der Waals surface area contributed by atoms with E-state index in [1.54, 1.807) is 0 Å². The van der Waals surface area contributed by atoms with Crippen molar-refractivity contribution < 1.29 is 77.2 Å². The van der Waals surface area contributed by atoms with Crippen molar-refractivity contribution in [3.05, 3.63) is 0 Å². The Hall–Kier alpha value is 1.71. The molecule has 0 heterocycles. The normalized spacial score (nSPS) is 11.1. The molecule has 0 saturated heterocycles. The maximum absolute atomic E-state index is 8.88. The van der Waals surface area contributed by atoms with Gasteiger partial charge in [0.1, 0.15) is 0 Å². The summed E-state index contributed by atoms with van der Waals surface area (Å²) in [6, 6.07) is 0. The molecule has 0 aromatic carbocycles. The van der Waals surface area contributed by atoms with Crippen molar-refractivity contribution in [2.24, 2.45) is 0 Å². The van der Waals surface area contributed by atoms with Gasteiger partial charge in [-0.15, -0.1) is 0 Å². The third kappa shape index (κ3) is 52.8. The molecule has 0 spiro atoms. The molecule has 4 N–H and O–H groups in total. The van der Waals surface area contributed by atoms with E-state index in [-0.39, 0.29) is 52.8 Å². The molecule has 0 aromatic rings. The van der Waals surface area contributed by atoms with Crippen molar-refractivity contribution in [2.75, 3.05) is 6.61 Å². The first-order valence-corrected chi connectivity index (χ1v) is 16.4. The van der Waals surface area contributed by atoms with Gasteiger partial charge in [0, 0.05) is 6.61 Å². The molecule has 0 saturated carbocycles. The summed E-state index contributed by atoms with van der Waals surface area (Å²) in [5, 5.41) is 8.75. The van der Waals surface area contributed by atoms with Crippen LogP contribution in [0.1, 0.15) is 175 Å². The van der Waals surface area contributed by atoms with Gasteiger partial charge in [-0.05, 0) is 6.42 Å². The van der Waals surface area contributed by atoms with Crippen molar-refractivity contribution >= 4 is 7.82 Å². The number of aliphatic hydroxyl groups is 1. The van der Waals surface area contributed by atoms with Crippen LogP contribution in [0.2, 0.25) is 0 Å². The van der Waals surface area contributed by atoms with E-state index >= 15 is 0 Å². The molecule has 0 unspecified atom stereocenters. The molecule has 0 bridgehead atoms. The van der Waals surface area contributed by atoms with Crippen molar-refractivity contribution in [1.82, 2.24) is 0 Å². The van der Waals surface area contributed by atoms with E-state index in [4.69, 9.17) is 24.4 Å². The van der Waals surface area contributed by atoms with Gasteiger partial charge in [0.05, 0.1) is 0 Å². The Balaban J connectivity index is -0.000000661. The first kappa shape index (κ1) is 41.2. The van der Waals surface area contributed by atoms with E-state index in [0.717, 1.165) is 6.42 Å². The number of unbranched alkanes of at least 4 members (excludes halogenated alkanes) is 25. The van der Waals surface area contributed by atoms with Gasteiger partial charge in [0.25, 0.3) is 0 Å². The maximum atomic E-state index is 8.88. The average molecular weight is 549 g/mol. The Kier molecular flexibility index (Phi) is 42.0. The van der Waals surface area contributed by atoms with E-state index in [2.05, 4.69) is 6.92 Å². The monoisotopic (exact) mass is 548 g/mol. The Labute approximate surface area is 263 Å². The molecule has 0 aromatic heterocycles. The van der Waals surface area contributed by atoms with E-state index in [1.807, 2.05) is 0 Å². The molecule has 0 fully saturated rings. The minimum absolute atomic E-state index is 0. The van der Waals surface area contributed by atoms with Crippen LogP contribution in [0.4, 0.5) is 0 Å². The summed E-state index contributed by atoms with van der Waals surface area (Å²) >= 11 is 0. The number of rotatable bonds is 26. The zero-order valence-electron chi connectivity index (χ0n) is 24.7. The molecule has 0 aliphatic carbocycles. The SMILES string of the molecule is CCCCCCCCCCCCCCCCCCCCCCCCCCCCO.O=P(O)(O)O.[H-].[K+]. The second-order valence-corrected chi connectivity index (χ2v) is 11.1. The Morgan fingerprint density at radius 3 is 0.714 bits per heavy atom. The van der Waals surface area contributed by atoms with Crippen LogP contribution in [0, 0.1) is 0 Å². The van der Waals surface area contributed by atoms with Gasteiger partial charge < -0.3 is 21.2 Å². The largest absolute Gasteiger partial charge is 1.00 e. The van der Waals surface area contributed by atoms with Gasteiger partial charge in [-0.1, -0.05) is 167 Å². The van der Waals surface area contributed by atoms with E-state index < -0.39 is 7.82 Å². The molecule has 0 rings (SSSR count). The van der Waals surface area contributed by atoms with Crippen LogP contribution >= 0.6 is 7.82 Å². The van der Waals surface area contributed by atoms with Gasteiger partial charge in [-0.25, -0.2) is 4.57 Å². The molecule has 0 amide bonds. The second-order valence-electron chi connectivity index (χ2n) is 10.1. The smallest absolute Gasteiger partial charge is 1.00 e. The van der Waals surface area contributed by atoms with Gasteiger partial charge in [0.15, 0.2) is 0 Å². The molecule has 35 heavy (non-hydrogen) atoms. The molecule has 5 nitrogen and oxygen atoms in total. The fraction of sp³-hybridized carbons (Fsp3) is 1.00.